The SMILES string of the molecule is CN(C)c1ncc(-c2ccc3nc(N)n(-c4ccc(N5CCOCC5)cc4)c3c2)cc1S(=O)(=O)NC(C)(C)C. The quantitative estimate of drug-likeness (QED) is 0.374. The maximum Gasteiger partial charge on any atom is 0.244 e. The number of ether oxygens (including phenoxy) is 1. The average Bonchev–Trinajstić information content (AvgIpc) is 3.22. The van der Waals surface area contributed by atoms with E-state index in [9.17, 15) is 8.42 Å². The van der Waals surface area contributed by atoms with Gasteiger partial charge in [0, 0.05) is 55.9 Å². The summed E-state index contributed by atoms with van der Waals surface area (Å²) in [5.41, 5.74) is 10.8. The second-order valence-corrected chi connectivity index (χ2v) is 12.6. The predicted molar refractivity (Wildman–Crippen MR) is 156 cm³/mol. The number of nitrogens with zero attached hydrogens (tertiary/aromatic N) is 5. The van der Waals surface area contributed by atoms with E-state index < -0.39 is 15.6 Å². The number of imidazole rings is 1. The van der Waals surface area contributed by atoms with E-state index in [1.807, 2.05) is 55.7 Å². The van der Waals surface area contributed by atoms with Crippen LogP contribution in [-0.4, -0.2) is 68.9 Å². The Kier molecular flexibility index (Phi) is 7.00. The zero-order valence-corrected chi connectivity index (χ0v) is 23.8. The molecule has 0 radical (unpaired) electrons. The van der Waals surface area contributed by atoms with Crippen LogP contribution in [0.25, 0.3) is 27.8 Å². The summed E-state index contributed by atoms with van der Waals surface area (Å²) in [7, 11) is -0.283. The molecule has 0 saturated carbocycles. The summed E-state index contributed by atoms with van der Waals surface area (Å²) in [4.78, 5) is 13.2. The number of nitrogens with two attached hydrogens (primary N) is 1. The molecule has 0 bridgehead atoms. The van der Waals surface area contributed by atoms with E-state index in [2.05, 4.69) is 31.7 Å². The van der Waals surface area contributed by atoms with Gasteiger partial charge in [-0.2, -0.15) is 0 Å². The molecular formula is C28H35N7O3S. The third kappa shape index (κ3) is 5.56. The number of fused-ring (bicyclic) bond motifs is 1. The summed E-state index contributed by atoms with van der Waals surface area (Å²) in [5, 5.41) is 0. The molecule has 1 saturated heterocycles. The molecule has 0 spiro atoms. The summed E-state index contributed by atoms with van der Waals surface area (Å²) in [6, 6.07) is 15.7. The monoisotopic (exact) mass is 549 g/mol. The smallest absolute Gasteiger partial charge is 0.244 e. The Morgan fingerprint density at radius 3 is 2.28 bits per heavy atom. The number of aromatic nitrogens is 3. The number of nitrogens with one attached hydrogen (secondary N) is 1. The normalized spacial score (nSPS) is 14.6. The maximum atomic E-state index is 13.3. The van der Waals surface area contributed by atoms with Gasteiger partial charge in [-0.05, 0) is 68.8 Å². The number of benzene rings is 2. The molecule has 3 heterocycles. The summed E-state index contributed by atoms with van der Waals surface area (Å²) in [6.45, 7) is 8.61. The average molecular weight is 550 g/mol. The van der Waals surface area contributed by atoms with Crippen molar-refractivity contribution in [3.05, 3.63) is 54.7 Å². The number of morpholine rings is 1. The molecule has 2 aromatic heterocycles. The van der Waals surface area contributed by atoms with Crippen molar-refractivity contribution in [2.24, 2.45) is 0 Å². The number of hydrogen-bond acceptors (Lipinski definition) is 8. The first-order valence-electron chi connectivity index (χ1n) is 12.9. The molecular weight excluding hydrogens is 514 g/mol. The minimum absolute atomic E-state index is 0.117. The van der Waals surface area contributed by atoms with Crippen LogP contribution in [0.15, 0.2) is 59.6 Å². The van der Waals surface area contributed by atoms with Gasteiger partial charge < -0.3 is 20.3 Å². The van der Waals surface area contributed by atoms with Crippen molar-refractivity contribution in [1.82, 2.24) is 19.3 Å². The van der Waals surface area contributed by atoms with Gasteiger partial charge in [-0.1, -0.05) is 6.07 Å². The molecule has 0 unspecified atom stereocenters. The van der Waals surface area contributed by atoms with Gasteiger partial charge in [-0.15, -0.1) is 0 Å². The Morgan fingerprint density at radius 1 is 0.974 bits per heavy atom. The Bertz CT molecular complexity index is 1600. The third-order valence-corrected chi connectivity index (χ3v) is 8.25. The van der Waals surface area contributed by atoms with Gasteiger partial charge in [0.15, 0.2) is 0 Å². The summed E-state index contributed by atoms with van der Waals surface area (Å²) in [6.07, 6.45) is 1.69. The fourth-order valence-electron chi connectivity index (χ4n) is 4.77. The molecule has 1 aliphatic rings. The predicted octanol–water partition coefficient (Wildman–Crippen LogP) is 3.65. The lowest BCUT2D eigenvalue weighted by molar-refractivity contribution is 0.122. The number of rotatable bonds is 6. The fourth-order valence-corrected chi connectivity index (χ4v) is 6.44. The van der Waals surface area contributed by atoms with Crippen molar-refractivity contribution in [1.29, 1.82) is 0 Å². The zero-order chi connectivity index (χ0) is 27.9. The second-order valence-electron chi connectivity index (χ2n) is 10.9. The molecule has 5 rings (SSSR count). The highest BCUT2D eigenvalue weighted by Crippen LogP contribution is 2.32. The number of nitrogen functional groups attached to an aromatic ring is 1. The van der Waals surface area contributed by atoms with Gasteiger partial charge in [0.05, 0.1) is 24.2 Å². The number of sulfonamides is 1. The molecule has 0 amide bonds. The molecule has 2 aromatic carbocycles. The van der Waals surface area contributed by atoms with Crippen molar-refractivity contribution in [3.63, 3.8) is 0 Å². The van der Waals surface area contributed by atoms with Crippen LogP contribution >= 0.6 is 0 Å². The van der Waals surface area contributed by atoms with Crippen LogP contribution in [0.4, 0.5) is 17.5 Å². The van der Waals surface area contributed by atoms with Crippen LogP contribution in [0, 0.1) is 0 Å². The Labute approximate surface area is 229 Å². The first kappa shape index (κ1) is 26.9. The van der Waals surface area contributed by atoms with Gasteiger partial charge in [0.1, 0.15) is 10.7 Å². The first-order chi connectivity index (χ1) is 18.4. The highest BCUT2D eigenvalue weighted by atomic mass is 32.2. The van der Waals surface area contributed by atoms with E-state index in [1.165, 1.54) is 0 Å². The van der Waals surface area contributed by atoms with E-state index in [1.54, 1.807) is 31.3 Å². The highest BCUT2D eigenvalue weighted by molar-refractivity contribution is 7.89. The van der Waals surface area contributed by atoms with Gasteiger partial charge >= 0.3 is 0 Å². The molecule has 10 nitrogen and oxygen atoms in total. The Balaban J connectivity index is 1.56. The standard InChI is InChI=1S/C28H35N7O3S/c1-28(2,3)32-39(36,37)25-17-20(18-30-26(25)33(4)5)19-6-11-23-24(16-19)35(27(29)31-23)22-9-7-21(8-10-22)34-12-14-38-15-13-34/h6-11,16-18,32H,12-15H2,1-5H3,(H2,29,31). The van der Waals surface area contributed by atoms with E-state index in [-0.39, 0.29) is 4.90 Å². The van der Waals surface area contributed by atoms with E-state index >= 15 is 0 Å². The van der Waals surface area contributed by atoms with Crippen molar-refractivity contribution in [2.75, 3.05) is 55.9 Å². The largest absolute Gasteiger partial charge is 0.378 e. The van der Waals surface area contributed by atoms with Crippen LogP contribution in [0.1, 0.15) is 20.8 Å². The van der Waals surface area contributed by atoms with Crippen molar-refractivity contribution >= 4 is 38.5 Å². The Hall–Kier alpha value is -3.67. The van der Waals surface area contributed by atoms with Gasteiger partial charge in [-0.3, -0.25) is 4.57 Å². The molecule has 206 valence electrons. The first-order valence-corrected chi connectivity index (χ1v) is 14.3. The topological polar surface area (TPSA) is 119 Å². The minimum Gasteiger partial charge on any atom is -0.378 e. The third-order valence-electron chi connectivity index (χ3n) is 6.48. The number of pyridine rings is 1. The van der Waals surface area contributed by atoms with Crippen LogP contribution < -0.4 is 20.3 Å². The fraction of sp³-hybridized carbons (Fsp3) is 0.357. The highest BCUT2D eigenvalue weighted by Gasteiger charge is 2.27. The van der Waals surface area contributed by atoms with Crippen molar-refractivity contribution < 1.29 is 13.2 Å². The number of hydrogen-bond donors (Lipinski definition) is 2. The van der Waals surface area contributed by atoms with Crippen LogP contribution in [0.2, 0.25) is 0 Å². The van der Waals surface area contributed by atoms with E-state index in [0.717, 1.165) is 54.3 Å². The molecule has 39 heavy (non-hydrogen) atoms. The van der Waals surface area contributed by atoms with Gasteiger partial charge in [-0.25, -0.2) is 23.1 Å². The van der Waals surface area contributed by atoms with Crippen LogP contribution in [-0.2, 0) is 14.8 Å². The molecule has 0 atom stereocenters. The summed E-state index contributed by atoms with van der Waals surface area (Å²) >= 11 is 0. The molecule has 3 N–H and O–H groups in total. The summed E-state index contributed by atoms with van der Waals surface area (Å²) < 4.78 is 36.8. The van der Waals surface area contributed by atoms with Gasteiger partial charge in [0.2, 0.25) is 16.0 Å². The molecule has 4 aromatic rings. The lowest BCUT2D eigenvalue weighted by Gasteiger charge is -2.29. The second kappa shape index (κ2) is 10.1. The zero-order valence-electron chi connectivity index (χ0n) is 23.0. The number of anilines is 3. The van der Waals surface area contributed by atoms with Crippen molar-refractivity contribution in [2.45, 2.75) is 31.2 Å². The maximum absolute atomic E-state index is 13.3. The minimum atomic E-state index is -3.83. The Morgan fingerprint density at radius 2 is 1.64 bits per heavy atom. The summed E-state index contributed by atoms with van der Waals surface area (Å²) in [5.74, 6) is 0.742. The van der Waals surface area contributed by atoms with E-state index in [0.29, 0.717) is 17.3 Å². The van der Waals surface area contributed by atoms with Gasteiger partial charge in [0.25, 0.3) is 0 Å². The molecule has 0 aliphatic carbocycles. The molecule has 1 aliphatic heterocycles. The van der Waals surface area contributed by atoms with Crippen LogP contribution in [0.5, 0.6) is 0 Å². The lowest BCUT2D eigenvalue weighted by Crippen LogP contribution is -2.41. The molecule has 11 heteroatoms. The van der Waals surface area contributed by atoms with Crippen molar-refractivity contribution in [3.8, 4) is 16.8 Å². The van der Waals surface area contributed by atoms with Crippen LogP contribution in [0.3, 0.4) is 0 Å². The molecule has 1 fully saturated rings. The lowest BCUT2D eigenvalue weighted by atomic mass is 10.1. The van der Waals surface area contributed by atoms with E-state index in [4.69, 9.17) is 10.5 Å².